The molecule has 0 spiro atoms. The van der Waals surface area contributed by atoms with Crippen LogP contribution in [0.3, 0.4) is 0 Å². The zero-order valence-electron chi connectivity index (χ0n) is 18.2. The largest absolute Gasteiger partial charge is 0.486 e. The van der Waals surface area contributed by atoms with Gasteiger partial charge in [0.15, 0.2) is 5.82 Å². The highest BCUT2D eigenvalue weighted by molar-refractivity contribution is 6.36. The minimum atomic E-state index is -2.71. The lowest BCUT2D eigenvalue weighted by atomic mass is 9.95. The lowest BCUT2D eigenvalue weighted by Gasteiger charge is -2.29. The third kappa shape index (κ3) is 5.98. The van der Waals surface area contributed by atoms with Crippen LogP contribution in [0, 0.1) is 5.82 Å². The SMILES string of the molecule is CC(=O)N[C@@H](C)CO[C@H]1CC[C@H](Oc2nc3c(F)cc(OCC(F)F)c(Cl)c3n2C)CC1. The Morgan fingerprint density at radius 2 is 1.94 bits per heavy atom. The molecule has 3 rings (SSSR count). The molecule has 1 aliphatic rings. The molecule has 1 N–H and O–H groups in total. The summed E-state index contributed by atoms with van der Waals surface area (Å²) in [6, 6.07) is 1.08. The van der Waals surface area contributed by atoms with Gasteiger partial charge in [0, 0.05) is 26.1 Å². The van der Waals surface area contributed by atoms with Gasteiger partial charge in [0.05, 0.1) is 18.2 Å². The summed E-state index contributed by atoms with van der Waals surface area (Å²) in [6.07, 6.45) is 0.248. The quantitative estimate of drug-likeness (QED) is 0.584. The number of aryl methyl sites for hydroxylation is 1. The van der Waals surface area contributed by atoms with Crippen molar-refractivity contribution in [2.24, 2.45) is 7.05 Å². The van der Waals surface area contributed by atoms with Crippen molar-refractivity contribution in [3.05, 3.63) is 16.9 Å². The Morgan fingerprint density at radius 3 is 2.56 bits per heavy atom. The van der Waals surface area contributed by atoms with Crippen LogP contribution in [0.2, 0.25) is 5.02 Å². The third-order valence-corrected chi connectivity index (χ3v) is 5.62. The average Bonchev–Trinajstić information content (AvgIpc) is 3.05. The van der Waals surface area contributed by atoms with Crippen LogP contribution in [-0.4, -0.2) is 53.3 Å². The molecule has 0 unspecified atom stereocenters. The van der Waals surface area contributed by atoms with Gasteiger partial charge in [-0.2, -0.15) is 4.98 Å². The van der Waals surface area contributed by atoms with Crippen LogP contribution in [0.1, 0.15) is 39.5 Å². The molecular weight excluding hydrogens is 451 g/mol. The fraction of sp³-hybridized carbons (Fsp3) is 0.619. The minimum Gasteiger partial charge on any atom is -0.486 e. The van der Waals surface area contributed by atoms with E-state index in [1.807, 2.05) is 6.92 Å². The van der Waals surface area contributed by atoms with E-state index >= 15 is 0 Å². The fourth-order valence-electron chi connectivity index (χ4n) is 3.76. The number of hydrogen-bond donors (Lipinski definition) is 1. The number of halogens is 4. The van der Waals surface area contributed by atoms with E-state index in [1.54, 1.807) is 7.05 Å². The zero-order chi connectivity index (χ0) is 23.4. The summed E-state index contributed by atoms with van der Waals surface area (Å²) < 4.78 is 57.7. The number of amides is 1. The van der Waals surface area contributed by atoms with Gasteiger partial charge in [0.25, 0.3) is 12.4 Å². The highest BCUT2D eigenvalue weighted by Gasteiger charge is 2.26. The molecule has 1 saturated carbocycles. The number of benzene rings is 1. The summed E-state index contributed by atoms with van der Waals surface area (Å²) in [5.41, 5.74) is 0.204. The van der Waals surface area contributed by atoms with Gasteiger partial charge < -0.3 is 19.5 Å². The molecule has 178 valence electrons. The second-order valence-electron chi connectivity index (χ2n) is 7.97. The molecule has 32 heavy (non-hydrogen) atoms. The van der Waals surface area contributed by atoms with Crippen molar-refractivity contribution >= 4 is 28.5 Å². The van der Waals surface area contributed by atoms with Crippen molar-refractivity contribution < 1.29 is 32.2 Å². The van der Waals surface area contributed by atoms with Crippen LogP contribution in [0.15, 0.2) is 6.07 Å². The van der Waals surface area contributed by atoms with Crippen LogP contribution in [-0.2, 0) is 16.6 Å². The van der Waals surface area contributed by atoms with Crippen molar-refractivity contribution in [3.8, 4) is 11.8 Å². The standard InChI is InChI=1S/C21H27ClF3N3O4/c1-11(26-12(2)29)9-30-13-4-6-14(7-5-13)32-21-27-19-15(23)8-16(31-10-17(24)25)18(22)20(19)28(21)3/h8,11,13-14,17H,4-7,9-10H2,1-3H3,(H,26,29)/t11-,13-,14-/m0/s1. The summed E-state index contributed by atoms with van der Waals surface area (Å²) in [7, 11) is 1.62. The van der Waals surface area contributed by atoms with Crippen molar-refractivity contribution in [3.63, 3.8) is 0 Å². The molecule has 1 aromatic carbocycles. The molecule has 11 heteroatoms. The number of carbonyl (C=O) groups is 1. The summed E-state index contributed by atoms with van der Waals surface area (Å²) in [5, 5.41) is 2.78. The normalized spacial score (nSPS) is 19.9. The van der Waals surface area contributed by atoms with Gasteiger partial charge in [-0.25, -0.2) is 13.2 Å². The summed E-state index contributed by atoms with van der Waals surface area (Å²) in [5.74, 6) is -0.993. The van der Waals surface area contributed by atoms with Gasteiger partial charge in [-0.15, -0.1) is 0 Å². The van der Waals surface area contributed by atoms with Crippen LogP contribution in [0.25, 0.3) is 11.0 Å². The molecule has 0 saturated heterocycles. The molecule has 1 atom stereocenters. The highest BCUT2D eigenvalue weighted by atomic mass is 35.5. The lowest BCUT2D eigenvalue weighted by Crippen LogP contribution is -2.37. The van der Waals surface area contributed by atoms with Gasteiger partial charge >= 0.3 is 0 Å². The maximum atomic E-state index is 14.5. The fourth-order valence-corrected chi connectivity index (χ4v) is 4.08. The van der Waals surface area contributed by atoms with Gasteiger partial charge in [0.2, 0.25) is 5.91 Å². The second-order valence-corrected chi connectivity index (χ2v) is 8.35. The maximum absolute atomic E-state index is 14.5. The lowest BCUT2D eigenvalue weighted by molar-refractivity contribution is -0.120. The first-order chi connectivity index (χ1) is 15.2. The van der Waals surface area contributed by atoms with E-state index in [0.29, 0.717) is 6.61 Å². The number of hydrogen-bond acceptors (Lipinski definition) is 5. The molecule has 0 radical (unpaired) electrons. The number of nitrogens with one attached hydrogen (secondary N) is 1. The number of rotatable bonds is 9. The number of imidazole rings is 1. The first-order valence-electron chi connectivity index (χ1n) is 10.5. The van der Waals surface area contributed by atoms with Crippen LogP contribution < -0.4 is 14.8 Å². The van der Waals surface area contributed by atoms with E-state index in [9.17, 15) is 18.0 Å². The number of ether oxygens (including phenoxy) is 3. The Balaban J connectivity index is 1.62. The molecule has 0 aliphatic heterocycles. The van der Waals surface area contributed by atoms with E-state index in [4.69, 9.17) is 25.8 Å². The van der Waals surface area contributed by atoms with Crippen molar-refractivity contribution in [1.29, 1.82) is 0 Å². The molecular formula is C21H27ClF3N3O4. The van der Waals surface area contributed by atoms with Gasteiger partial charge in [-0.1, -0.05) is 11.6 Å². The second kappa shape index (κ2) is 10.6. The smallest absolute Gasteiger partial charge is 0.297 e. The Kier molecular flexibility index (Phi) is 8.10. The number of fused-ring (bicyclic) bond motifs is 1. The van der Waals surface area contributed by atoms with Crippen LogP contribution in [0.5, 0.6) is 11.8 Å². The van der Waals surface area contributed by atoms with Crippen molar-refractivity contribution in [1.82, 2.24) is 14.9 Å². The van der Waals surface area contributed by atoms with Crippen molar-refractivity contribution in [2.75, 3.05) is 13.2 Å². The first kappa shape index (κ1) is 24.4. The van der Waals surface area contributed by atoms with E-state index in [2.05, 4.69) is 10.3 Å². The van der Waals surface area contributed by atoms with Gasteiger partial charge in [0.1, 0.15) is 29.0 Å². The number of carbonyl (C=O) groups excluding carboxylic acids is 1. The maximum Gasteiger partial charge on any atom is 0.297 e. The van der Waals surface area contributed by atoms with Gasteiger partial charge in [-0.05, 0) is 32.6 Å². The van der Waals surface area contributed by atoms with Crippen LogP contribution in [0.4, 0.5) is 13.2 Å². The molecule has 1 aromatic heterocycles. The summed E-state index contributed by atoms with van der Waals surface area (Å²) in [4.78, 5) is 15.3. The summed E-state index contributed by atoms with van der Waals surface area (Å²) in [6.45, 7) is 2.90. The molecule has 0 bridgehead atoms. The predicted molar refractivity (Wildman–Crippen MR) is 113 cm³/mol. The molecule has 7 nitrogen and oxygen atoms in total. The first-order valence-corrected chi connectivity index (χ1v) is 10.8. The monoisotopic (exact) mass is 477 g/mol. The summed E-state index contributed by atoms with van der Waals surface area (Å²) >= 11 is 6.27. The number of nitrogens with zero attached hydrogens (tertiary/aromatic N) is 2. The van der Waals surface area contributed by atoms with Gasteiger partial charge in [-0.3, -0.25) is 9.36 Å². The molecule has 1 amide bonds. The zero-order valence-corrected chi connectivity index (χ0v) is 18.9. The Morgan fingerprint density at radius 1 is 1.28 bits per heavy atom. The van der Waals surface area contributed by atoms with E-state index in [-0.39, 0.29) is 52.0 Å². The predicted octanol–water partition coefficient (Wildman–Crippen LogP) is 4.24. The van der Waals surface area contributed by atoms with E-state index < -0.39 is 18.8 Å². The van der Waals surface area contributed by atoms with E-state index in [1.165, 1.54) is 11.5 Å². The Bertz CT molecular complexity index is 948. The highest BCUT2D eigenvalue weighted by Crippen LogP contribution is 2.37. The molecule has 1 fully saturated rings. The Labute approximate surface area is 189 Å². The third-order valence-electron chi connectivity index (χ3n) is 5.25. The molecule has 1 aliphatic carbocycles. The topological polar surface area (TPSA) is 74.6 Å². The van der Waals surface area contributed by atoms with E-state index in [0.717, 1.165) is 31.7 Å². The molecule has 1 heterocycles. The average molecular weight is 478 g/mol. The number of aromatic nitrogens is 2. The van der Waals surface area contributed by atoms with Crippen LogP contribution >= 0.6 is 11.6 Å². The minimum absolute atomic E-state index is 0.00250. The Hall–Kier alpha value is -2.20. The molecule has 2 aromatic rings. The van der Waals surface area contributed by atoms with Crippen molar-refractivity contribution in [2.45, 2.75) is 64.2 Å². The number of alkyl halides is 2.